The van der Waals surface area contributed by atoms with Crippen molar-refractivity contribution >= 4 is 11.7 Å². The second-order valence-electron chi connectivity index (χ2n) is 6.28. The Balaban J connectivity index is 1.44. The summed E-state index contributed by atoms with van der Waals surface area (Å²) in [4.78, 5) is 23.0. The zero-order valence-corrected chi connectivity index (χ0v) is 15.1. The molecule has 1 amide bonds. The van der Waals surface area contributed by atoms with Gasteiger partial charge < -0.3 is 15.4 Å². The molecule has 1 fully saturated rings. The second kappa shape index (κ2) is 9.26. The largest absolute Gasteiger partial charge is 0.379 e. The van der Waals surface area contributed by atoms with Gasteiger partial charge in [0.05, 0.1) is 25.6 Å². The number of amides is 1. The Morgan fingerprint density at radius 2 is 2.00 bits per heavy atom. The third kappa shape index (κ3) is 5.24. The number of hydrogen-bond donors (Lipinski definition) is 2. The van der Waals surface area contributed by atoms with Crippen molar-refractivity contribution in [2.75, 3.05) is 44.7 Å². The summed E-state index contributed by atoms with van der Waals surface area (Å²) in [5.41, 5.74) is 2.56. The standard InChI is InChI=1S/C19H25N5O2/c1-15-4-2-3-5-16(15)12-23-19(25)17-13-22-18(14-21-17)20-6-7-24-8-10-26-11-9-24/h2-5,13-14H,6-12H2,1H3,(H,20,22)(H,23,25). The number of nitrogens with one attached hydrogen (secondary N) is 2. The number of aromatic nitrogens is 2. The van der Waals surface area contributed by atoms with Crippen molar-refractivity contribution in [2.45, 2.75) is 13.5 Å². The molecule has 0 saturated carbocycles. The normalized spacial score (nSPS) is 14.8. The highest BCUT2D eigenvalue weighted by Crippen LogP contribution is 2.07. The Labute approximate surface area is 153 Å². The van der Waals surface area contributed by atoms with Gasteiger partial charge in [-0.2, -0.15) is 0 Å². The van der Waals surface area contributed by atoms with Crippen LogP contribution in [0.3, 0.4) is 0 Å². The molecule has 0 atom stereocenters. The molecule has 3 rings (SSSR count). The highest BCUT2D eigenvalue weighted by atomic mass is 16.5. The Morgan fingerprint density at radius 3 is 2.73 bits per heavy atom. The lowest BCUT2D eigenvalue weighted by Gasteiger charge is -2.26. The molecule has 2 aromatic rings. The average molecular weight is 355 g/mol. The van der Waals surface area contributed by atoms with Crippen LogP contribution >= 0.6 is 0 Å². The zero-order valence-electron chi connectivity index (χ0n) is 15.1. The van der Waals surface area contributed by atoms with Crippen molar-refractivity contribution in [2.24, 2.45) is 0 Å². The molecule has 1 aliphatic heterocycles. The van der Waals surface area contributed by atoms with Gasteiger partial charge in [-0.25, -0.2) is 9.97 Å². The van der Waals surface area contributed by atoms with Crippen molar-refractivity contribution < 1.29 is 9.53 Å². The van der Waals surface area contributed by atoms with E-state index in [0.717, 1.165) is 50.5 Å². The molecule has 1 aromatic heterocycles. The van der Waals surface area contributed by atoms with Crippen LogP contribution < -0.4 is 10.6 Å². The summed E-state index contributed by atoms with van der Waals surface area (Å²) < 4.78 is 5.33. The quantitative estimate of drug-likeness (QED) is 0.783. The first-order chi connectivity index (χ1) is 12.7. The number of aryl methyl sites for hydroxylation is 1. The van der Waals surface area contributed by atoms with E-state index in [1.54, 1.807) is 6.20 Å². The maximum absolute atomic E-state index is 12.2. The predicted molar refractivity (Wildman–Crippen MR) is 100 cm³/mol. The summed E-state index contributed by atoms with van der Waals surface area (Å²) in [6.07, 6.45) is 3.10. The number of benzene rings is 1. The minimum atomic E-state index is -0.222. The number of hydrogen-bond acceptors (Lipinski definition) is 6. The van der Waals surface area contributed by atoms with E-state index in [0.29, 0.717) is 18.1 Å². The highest BCUT2D eigenvalue weighted by Gasteiger charge is 2.10. The summed E-state index contributed by atoms with van der Waals surface area (Å²) in [7, 11) is 0. The Morgan fingerprint density at radius 1 is 1.19 bits per heavy atom. The fraction of sp³-hybridized carbons (Fsp3) is 0.421. The lowest BCUT2D eigenvalue weighted by molar-refractivity contribution is 0.0398. The highest BCUT2D eigenvalue weighted by molar-refractivity contribution is 5.91. The lowest BCUT2D eigenvalue weighted by Crippen LogP contribution is -2.39. The number of carbonyl (C=O) groups excluding carboxylic acids is 1. The molecule has 138 valence electrons. The van der Waals surface area contributed by atoms with Crippen LogP contribution in [0.15, 0.2) is 36.7 Å². The monoisotopic (exact) mass is 355 g/mol. The molecule has 0 radical (unpaired) electrons. The molecule has 1 aliphatic rings. The molecule has 2 N–H and O–H groups in total. The third-order valence-corrected chi connectivity index (χ3v) is 4.42. The average Bonchev–Trinajstić information content (AvgIpc) is 2.68. The van der Waals surface area contributed by atoms with Crippen molar-refractivity contribution in [3.05, 3.63) is 53.5 Å². The SMILES string of the molecule is Cc1ccccc1CNC(=O)c1cnc(NCCN2CCOCC2)cn1. The minimum Gasteiger partial charge on any atom is -0.379 e. The summed E-state index contributed by atoms with van der Waals surface area (Å²) in [6, 6.07) is 7.98. The molecule has 2 heterocycles. The van der Waals surface area contributed by atoms with Crippen molar-refractivity contribution in [3.8, 4) is 0 Å². The summed E-state index contributed by atoms with van der Waals surface area (Å²) >= 11 is 0. The van der Waals surface area contributed by atoms with Gasteiger partial charge in [0.15, 0.2) is 0 Å². The number of rotatable bonds is 7. The minimum absolute atomic E-state index is 0.222. The van der Waals surface area contributed by atoms with E-state index < -0.39 is 0 Å². The summed E-state index contributed by atoms with van der Waals surface area (Å²) in [5.74, 6) is 0.453. The number of nitrogens with zero attached hydrogens (tertiary/aromatic N) is 3. The smallest absolute Gasteiger partial charge is 0.271 e. The molecule has 0 bridgehead atoms. The van der Waals surface area contributed by atoms with Crippen LogP contribution in [0, 0.1) is 6.92 Å². The van der Waals surface area contributed by atoms with Crippen LogP contribution in [0.1, 0.15) is 21.6 Å². The van der Waals surface area contributed by atoms with E-state index in [-0.39, 0.29) is 5.91 Å². The van der Waals surface area contributed by atoms with Crippen LogP contribution in [0.4, 0.5) is 5.82 Å². The molecule has 0 spiro atoms. The predicted octanol–water partition coefficient (Wildman–Crippen LogP) is 1.46. The van der Waals surface area contributed by atoms with Crippen molar-refractivity contribution in [1.82, 2.24) is 20.2 Å². The van der Waals surface area contributed by atoms with E-state index in [4.69, 9.17) is 4.74 Å². The van der Waals surface area contributed by atoms with Crippen molar-refractivity contribution in [1.29, 1.82) is 0 Å². The number of morpholine rings is 1. The summed E-state index contributed by atoms with van der Waals surface area (Å²) in [5, 5.41) is 6.12. The lowest BCUT2D eigenvalue weighted by atomic mass is 10.1. The summed E-state index contributed by atoms with van der Waals surface area (Å²) in [6.45, 7) is 7.75. The molecular formula is C19H25N5O2. The first-order valence-electron chi connectivity index (χ1n) is 8.91. The van der Waals surface area contributed by atoms with Crippen LogP contribution in [0.25, 0.3) is 0 Å². The number of ether oxygens (including phenoxy) is 1. The van der Waals surface area contributed by atoms with Gasteiger partial charge in [0.2, 0.25) is 0 Å². The van der Waals surface area contributed by atoms with E-state index >= 15 is 0 Å². The Hall–Kier alpha value is -2.51. The molecule has 26 heavy (non-hydrogen) atoms. The van der Waals surface area contributed by atoms with Crippen LogP contribution in [0.2, 0.25) is 0 Å². The van der Waals surface area contributed by atoms with Gasteiger partial charge in [-0.1, -0.05) is 24.3 Å². The van der Waals surface area contributed by atoms with Gasteiger partial charge in [0.25, 0.3) is 5.91 Å². The van der Waals surface area contributed by atoms with Crippen molar-refractivity contribution in [3.63, 3.8) is 0 Å². The molecule has 1 saturated heterocycles. The second-order valence-corrected chi connectivity index (χ2v) is 6.28. The molecular weight excluding hydrogens is 330 g/mol. The molecule has 0 unspecified atom stereocenters. The first-order valence-corrected chi connectivity index (χ1v) is 8.91. The van der Waals surface area contributed by atoms with Gasteiger partial charge >= 0.3 is 0 Å². The topological polar surface area (TPSA) is 79.4 Å². The third-order valence-electron chi connectivity index (χ3n) is 4.42. The van der Waals surface area contributed by atoms with E-state index in [9.17, 15) is 4.79 Å². The van der Waals surface area contributed by atoms with Gasteiger partial charge in [-0.05, 0) is 18.1 Å². The van der Waals surface area contributed by atoms with Crippen LogP contribution in [0.5, 0.6) is 0 Å². The van der Waals surface area contributed by atoms with E-state index in [1.165, 1.54) is 6.20 Å². The van der Waals surface area contributed by atoms with Crippen LogP contribution in [-0.2, 0) is 11.3 Å². The Bertz CT molecular complexity index is 714. The van der Waals surface area contributed by atoms with E-state index in [2.05, 4.69) is 25.5 Å². The first kappa shape index (κ1) is 18.3. The molecule has 7 heteroatoms. The number of carbonyl (C=O) groups is 1. The molecule has 1 aromatic carbocycles. The fourth-order valence-corrected chi connectivity index (χ4v) is 2.78. The maximum atomic E-state index is 12.2. The fourth-order valence-electron chi connectivity index (χ4n) is 2.78. The van der Waals surface area contributed by atoms with Crippen LogP contribution in [-0.4, -0.2) is 60.2 Å². The van der Waals surface area contributed by atoms with Gasteiger partial charge in [0.1, 0.15) is 11.5 Å². The Kier molecular flexibility index (Phi) is 6.51. The number of anilines is 1. The zero-order chi connectivity index (χ0) is 18.2. The molecule has 0 aliphatic carbocycles. The molecule has 7 nitrogen and oxygen atoms in total. The van der Waals surface area contributed by atoms with Gasteiger partial charge in [-0.15, -0.1) is 0 Å². The van der Waals surface area contributed by atoms with E-state index in [1.807, 2.05) is 31.2 Å². The maximum Gasteiger partial charge on any atom is 0.271 e. The van der Waals surface area contributed by atoms with Gasteiger partial charge in [-0.3, -0.25) is 9.69 Å². The van der Waals surface area contributed by atoms with Gasteiger partial charge in [0, 0.05) is 32.7 Å².